The van der Waals surface area contributed by atoms with Crippen molar-refractivity contribution < 1.29 is 4.79 Å². The van der Waals surface area contributed by atoms with Gasteiger partial charge in [0.1, 0.15) is 11.5 Å². The molecule has 6 heteroatoms. The maximum atomic E-state index is 12.7. The second kappa shape index (κ2) is 8.45. The zero-order valence-electron chi connectivity index (χ0n) is 16.1. The molecule has 0 atom stereocenters. The molecule has 0 spiro atoms. The van der Waals surface area contributed by atoms with E-state index in [9.17, 15) is 4.79 Å². The second-order valence-corrected chi connectivity index (χ2v) is 7.37. The van der Waals surface area contributed by atoms with E-state index in [-0.39, 0.29) is 5.91 Å². The van der Waals surface area contributed by atoms with Gasteiger partial charge in [-0.15, -0.1) is 0 Å². The molecule has 0 unspecified atom stereocenters. The minimum atomic E-state index is 0.0430. The summed E-state index contributed by atoms with van der Waals surface area (Å²) < 4.78 is 2.29. The van der Waals surface area contributed by atoms with Gasteiger partial charge in [0.15, 0.2) is 0 Å². The number of likely N-dealkylation sites (tertiary alicyclic amines) is 1. The zero-order chi connectivity index (χ0) is 18.5. The van der Waals surface area contributed by atoms with Gasteiger partial charge in [-0.3, -0.25) is 4.79 Å². The van der Waals surface area contributed by atoms with Crippen LogP contribution >= 0.6 is 0 Å². The van der Waals surface area contributed by atoms with Crippen LogP contribution in [0.4, 0.5) is 0 Å². The Bertz CT molecular complexity index is 731. The summed E-state index contributed by atoms with van der Waals surface area (Å²) >= 11 is 0. The minimum Gasteiger partial charge on any atom is -0.337 e. The molecule has 0 aliphatic carbocycles. The standard InChI is InChI=1S/C20H29N5O/c1-16-6-4-7-18(22-16)20(26)25-13-8-17(9-14-25)19-21-10-15-24(19)12-5-11-23(2)3/h4,6-7,10,15,17H,5,8-9,11-14H2,1-3H3. The van der Waals surface area contributed by atoms with Crippen molar-refractivity contribution in [3.8, 4) is 0 Å². The lowest BCUT2D eigenvalue weighted by atomic mass is 9.95. The highest BCUT2D eigenvalue weighted by atomic mass is 16.2. The Morgan fingerprint density at radius 1 is 1.27 bits per heavy atom. The van der Waals surface area contributed by atoms with E-state index in [0.29, 0.717) is 11.6 Å². The van der Waals surface area contributed by atoms with Crippen LogP contribution in [0, 0.1) is 6.92 Å². The monoisotopic (exact) mass is 355 g/mol. The smallest absolute Gasteiger partial charge is 0.272 e. The van der Waals surface area contributed by atoms with Crippen LogP contribution in [0.5, 0.6) is 0 Å². The van der Waals surface area contributed by atoms with Crippen molar-refractivity contribution in [2.45, 2.75) is 38.6 Å². The number of carbonyl (C=O) groups excluding carboxylic acids is 1. The highest BCUT2D eigenvalue weighted by Gasteiger charge is 2.27. The Morgan fingerprint density at radius 2 is 2.04 bits per heavy atom. The maximum absolute atomic E-state index is 12.7. The Morgan fingerprint density at radius 3 is 2.73 bits per heavy atom. The third kappa shape index (κ3) is 4.49. The fraction of sp³-hybridized carbons (Fsp3) is 0.550. The molecule has 1 fully saturated rings. The molecule has 1 amide bonds. The van der Waals surface area contributed by atoms with E-state index in [2.05, 4.69) is 39.7 Å². The fourth-order valence-electron chi connectivity index (χ4n) is 3.59. The number of aryl methyl sites for hydroxylation is 2. The molecule has 3 rings (SSSR count). The normalized spacial score (nSPS) is 15.6. The van der Waals surface area contributed by atoms with Gasteiger partial charge in [0.05, 0.1) is 0 Å². The molecule has 1 aliphatic heterocycles. The van der Waals surface area contributed by atoms with Crippen LogP contribution in [0.25, 0.3) is 0 Å². The minimum absolute atomic E-state index is 0.0430. The molecular weight excluding hydrogens is 326 g/mol. The maximum Gasteiger partial charge on any atom is 0.272 e. The number of aromatic nitrogens is 3. The Hall–Kier alpha value is -2.21. The molecule has 0 saturated carbocycles. The van der Waals surface area contributed by atoms with Crippen LogP contribution in [0.3, 0.4) is 0 Å². The average Bonchev–Trinajstić information content (AvgIpc) is 3.09. The molecule has 26 heavy (non-hydrogen) atoms. The number of carbonyl (C=O) groups is 1. The number of imidazole rings is 1. The van der Waals surface area contributed by atoms with Gasteiger partial charge in [-0.1, -0.05) is 6.07 Å². The number of piperidine rings is 1. The van der Waals surface area contributed by atoms with Crippen LogP contribution < -0.4 is 0 Å². The Kier molecular flexibility index (Phi) is 6.04. The van der Waals surface area contributed by atoms with Gasteiger partial charge in [0.2, 0.25) is 0 Å². The van der Waals surface area contributed by atoms with Crippen LogP contribution in [0.2, 0.25) is 0 Å². The van der Waals surface area contributed by atoms with Gasteiger partial charge < -0.3 is 14.4 Å². The lowest BCUT2D eigenvalue weighted by Gasteiger charge is -2.31. The van der Waals surface area contributed by atoms with E-state index in [1.54, 1.807) is 6.07 Å². The Labute approximate surface area is 155 Å². The van der Waals surface area contributed by atoms with Crippen molar-refractivity contribution in [3.05, 3.63) is 47.8 Å². The van der Waals surface area contributed by atoms with Gasteiger partial charge in [0.25, 0.3) is 5.91 Å². The number of rotatable bonds is 6. The second-order valence-electron chi connectivity index (χ2n) is 7.37. The molecule has 1 saturated heterocycles. The van der Waals surface area contributed by atoms with E-state index >= 15 is 0 Å². The van der Waals surface area contributed by atoms with Crippen molar-refractivity contribution >= 4 is 5.91 Å². The highest BCUT2D eigenvalue weighted by molar-refractivity contribution is 5.92. The van der Waals surface area contributed by atoms with E-state index in [0.717, 1.165) is 51.1 Å². The van der Waals surface area contributed by atoms with Crippen LogP contribution in [0.1, 0.15) is 47.2 Å². The summed E-state index contributed by atoms with van der Waals surface area (Å²) in [5, 5.41) is 0. The lowest BCUT2D eigenvalue weighted by molar-refractivity contribution is 0.0704. The van der Waals surface area contributed by atoms with Gasteiger partial charge in [-0.05, 0) is 59.0 Å². The molecule has 140 valence electrons. The number of nitrogens with zero attached hydrogens (tertiary/aromatic N) is 5. The molecule has 1 aliphatic rings. The summed E-state index contributed by atoms with van der Waals surface area (Å²) in [5.74, 6) is 1.64. The topological polar surface area (TPSA) is 54.3 Å². The van der Waals surface area contributed by atoms with Gasteiger partial charge >= 0.3 is 0 Å². The summed E-state index contributed by atoms with van der Waals surface area (Å²) in [4.78, 5) is 25.8. The number of hydrogen-bond donors (Lipinski definition) is 0. The third-order valence-electron chi connectivity index (χ3n) is 5.01. The third-order valence-corrected chi connectivity index (χ3v) is 5.01. The first-order chi connectivity index (χ1) is 12.5. The van der Waals surface area contributed by atoms with Crippen molar-refractivity contribution in [1.29, 1.82) is 0 Å². The van der Waals surface area contributed by atoms with Crippen molar-refractivity contribution in [1.82, 2.24) is 24.3 Å². The molecule has 0 radical (unpaired) electrons. The van der Waals surface area contributed by atoms with Crippen molar-refractivity contribution in [3.63, 3.8) is 0 Å². The molecule has 3 heterocycles. The molecule has 0 bridgehead atoms. The van der Waals surface area contributed by atoms with Crippen LogP contribution in [-0.2, 0) is 6.54 Å². The van der Waals surface area contributed by atoms with Crippen LogP contribution in [0.15, 0.2) is 30.6 Å². The summed E-state index contributed by atoms with van der Waals surface area (Å²) in [6.45, 7) is 5.53. The molecule has 6 nitrogen and oxygen atoms in total. The first-order valence-corrected chi connectivity index (χ1v) is 9.43. The lowest BCUT2D eigenvalue weighted by Crippen LogP contribution is -2.38. The van der Waals surface area contributed by atoms with E-state index in [1.165, 1.54) is 5.82 Å². The molecule has 2 aromatic heterocycles. The predicted octanol–water partition coefficient (Wildman–Crippen LogP) is 2.56. The van der Waals surface area contributed by atoms with Gasteiger partial charge in [0, 0.05) is 43.6 Å². The quantitative estimate of drug-likeness (QED) is 0.799. The SMILES string of the molecule is Cc1cccc(C(=O)N2CCC(c3nccn3CCCN(C)C)CC2)n1. The highest BCUT2D eigenvalue weighted by Crippen LogP contribution is 2.27. The van der Waals surface area contributed by atoms with E-state index in [1.807, 2.05) is 30.2 Å². The number of pyridine rings is 1. The summed E-state index contributed by atoms with van der Waals surface area (Å²) in [7, 11) is 4.20. The fourth-order valence-corrected chi connectivity index (χ4v) is 3.59. The largest absolute Gasteiger partial charge is 0.337 e. The van der Waals surface area contributed by atoms with Gasteiger partial charge in [-0.25, -0.2) is 9.97 Å². The first-order valence-electron chi connectivity index (χ1n) is 9.43. The Balaban J connectivity index is 1.57. The summed E-state index contributed by atoms with van der Waals surface area (Å²) in [6, 6.07) is 5.62. The van der Waals surface area contributed by atoms with E-state index < -0.39 is 0 Å². The molecule has 2 aromatic rings. The predicted molar refractivity (Wildman–Crippen MR) is 102 cm³/mol. The number of amides is 1. The molecular formula is C20H29N5O. The average molecular weight is 355 g/mol. The van der Waals surface area contributed by atoms with Crippen LogP contribution in [-0.4, -0.2) is 64.0 Å². The summed E-state index contributed by atoms with van der Waals surface area (Å²) in [6.07, 6.45) is 7.02. The van der Waals surface area contributed by atoms with Gasteiger partial charge in [-0.2, -0.15) is 0 Å². The molecule has 0 aromatic carbocycles. The first kappa shape index (κ1) is 18.6. The van der Waals surface area contributed by atoms with E-state index in [4.69, 9.17) is 0 Å². The molecule has 0 N–H and O–H groups in total. The zero-order valence-corrected chi connectivity index (χ0v) is 16.1. The van der Waals surface area contributed by atoms with Crippen molar-refractivity contribution in [2.75, 3.05) is 33.7 Å². The number of hydrogen-bond acceptors (Lipinski definition) is 4. The van der Waals surface area contributed by atoms with Crippen molar-refractivity contribution in [2.24, 2.45) is 0 Å². The summed E-state index contributed by atoms with van der Waals surface area (Å²) in [5.41, 5.74) is 1.43.